The fourth-order valence-electron chi connectivity index (χ4n) is 3.55. The van der Waals surface area contributed by atoms with Gasteiger partial charge in [-0.1, -0.05) is 35.9 Å². The molecule has 6 heteroatoms. The van der Waals surface area contributed by atoms with Gasteiger partial charge in [0.15, 0.2) is 0 Å². The summed E-state index contributed by atoms with van der Waals surface area (Å²) >= 11 is 6.23. The van der Waals surface area contributed by atoms with Crippen molar-refractivity contribution in [1.82, 2.24) is 4.98 Å². The molecule has 0 bridgehead atoms. The number of carbonyl (C=O) groups is 1. The van der Waals surface area contributed by atoms with E-state index in [9.17, 15) is 9.90 Å². The zero-order valence-electron chi connectivity index (χ0n) is 14.2. The van der Waals surface area contributed by atoms with Crippen LogP contribution in [0, 0.1) is 6.92 Å². The van der Waals surface area contributed by atoms with E-state index in [1.54, 1.807) is 0 Å². The fraction of sp³-hybridized carbons (Fsp3) is 0.200. The molecule has 4 nitrogen and oxygen atoms in total. The second kappa shape index (κ2) is 7.14. The molecule has 2 heterocycles. The van der Waals surface area contributed by atoms with Gasteiger partial charge in [0, 0.05) is 29.7 Å². The van der Waals surface area contributed by atoms with Crippen LogP contribution in [0.25, 0.3) is 10.9 Å². The van der Waals surface area contributed by atoms with Crippen LogP contribution < -0.4 is 4.90 Å². The summed E-state index contributed by atoms with van der Waals surface area (Å²) < 4.78 is 0. The first kappa shape index (κ1) is 18.5. The summed E-state index contributed by atoms with van der Waals surface area (Å²) in [6.45, 7) is 3.38. The van der Waals surface area contributed by atoms with E-state index in [2.05, 4.69) is 22.0 Å². The lowest BCUT2D eigenvalue weighted by Gasteiger charge is -2.32. The molecule has 0 fully saturated rings. The van der Waals surface area contributed by atoms with E-state index in [0.29, 0.717) is 11.6 Å². The number of hydrogen-bond donors (Lipinski definition) is 1. The largest absolute Gasteiger partial charge is 0.478 e. The third kappa shape index (κ3) is 3.00. The highest BCUT2D eigenvalue weighted by atomic mass is 35.5. The maximum Gasteiger partial charge on any atom is 0.339 e. The van der Waals surface area contributed by atoms with Gasteiger partial charge in [0.2, 0.25) is 0 Å². The van der Waals surface area contributed by atoms with Crippen LogP contribution >= 0.6 is 24.0 Å². The number of rotatable bonds is 2. The molecular formula is C20H18Cl2N2O2. The zero-order chi connectivity index (χ0) is 17.6. The van der Waals surface area contributed by atoms with Gasteiger partial charge in [0.05, 0.1) is 11.2 Å². The van der Waals surface area contributed by atoms with Gasteiger partial charge in [-0.3, -0.25) is 4.98 Å². The molecule has 4 rings (SSSR count). The van der Waals surface area contributed by atoms with Gasteiger partial charge in [0.25, 0.3) is 0 Å². The number of aromatic nitrogens is 1. The van der Waals surface area contributed by atoms with Crippen molar-refractivity contribution in [1.29, 1.82) is 0 Å². The molecule has 0 saturated carbocycles. The van der Waals surface area contributed by atoms with Crippen LogP contribution in [0.15, 0.2) is 42.6 Å². The molecule has 0 radical (unpaired) electrons. The lowest BCUT2D eigenvalue weighted by molar-refractivity contribution is 0.0697. The fourth-order valence-corrected chi connectivity index (χ4v) is 3.70. The van der Waals surface area contributed by atoms with Gasteiger partial charge in [-0.15, -0.1) is 12.4 Å². The smallest absolute Gasteiger partial charge is 0.339 e. The third-order valence-electron chi connectivity index (χ3n) is 4.88. The Morgan fingerprint density at radius 1 is 1.19 bits per heavy atom. The first-order chi connectivity index (χ1) is 12.1. The lowest BCUT2D eigenvalue weighted by Crippen LogP contribution is -2.31. The Bertz CT molecular complexity index is 1000. The van der Waals surface area contributed by atoms with Crippen molar-refractivity contribution in [3.05, 3.63) is 69.9 Å². The first-order valence-corrected chi connectivity index (χ1v) is 8.57. The van der Waals surface area contributed by atoms with E-state index in [1.165, 1.54) is 17.3 Å². The van der Waals surface area contributed by atoms with Crippen LogP contribution in [-0.4, -0.2) is 22.6 Å². The molecule has 26 heavy (non-hydrogen) atoms. The number of aromatic carboxylic acids is 1. The molecule has 0 aliphatic carbocycles. The maximum absolute atomic E-state index is 11.8. The predicted octanol–water partition coefficient (Wildman–Crippen LogP) is 4.88. The lowest BCUT2D eigenvalue weighted by atomic mass is 9.97. The highest BCUT2D eigenvalue weighted by Gasteiger charge is 2.24. The van der Waals surface area contributed by atoms with Gasteiger partial charge in [-0.25, -0.2) is 4.79 Å². The molecule has 134 valence electrons. The van der Waals surface area contributed by atoms with E-state index >= 15 is 0 Å². The molecular weight excluding hydrogens is 371 g/mol. The van der Waals surface area contributed by atoms with Gasteiger partial charge in [0.1, 0.15) is 5.56 Å². The predicted molar refractivity (Wildman–Crippen MR) is 107 cm³/mol. The Labute approximate surface area is 162 Å². The number of nitrogens with zero attached hydrogens (tertiary/aromatic N) is 2. The van der Waals surface area contributed by atoms with Crippen molar-refractivity contribution in [2.75, 3.05) is 11.4 Å². The summed E-state index contributed by atoms with van der Waals surface area (Å²) in [5.74, 6) is -0.962. The summed E-state index contributed by atoms with van der Waals surface area (Å²) in [4.78, 5) is 18.3. The van der Waals surface area contributed by atoms with Gasteiger partial charge in [-0.05, 0) is 42.2 Å². The Hall–Kier alpha value is -2.30. The van der Waals surface area contributed by atoms with Crippen molar-refractivity contribution in [2.45, 2.75) is 19.9 Å². The number of halogens is 2. The summed E-state index contributed by atoms with van der Waals surface area (Å²) in [6.07, 6.45) is 2.34. The van der Waals surface area contributed by atoms with Crippen molar-refractivity contribution in [2.24, 2.45) is 0 Å². The van der Waals surface area contributed by atoms with Crippen LogP contribution in [0.5, 0.6) is 0 Å². The molecule has 0 saturated heterocycles. The van der Waals surface area contributed by atoms with Crippen LogP contribution in [0.1, 0.15) is 27.0 Å². The second-order valence-corrected chi connectivity index (χ2v) is 6.74. The molecule has 1 aromatic heterocycles. The topological polar surface area (TPSA) is 53.4 Å². The van der Waals surface area contributed by atoms with Crippen molar-refractivity contribution in [3.8, 4) is 0 Å². The number of pyridine rings is 1. The van der Waals surface area contributed by atoms with Gasteiger partial charge in [-0.2, -0.15) is 0 Å². The standard InChI is InChI=1S/C20H17ClN2O2.ClH/c1-12-17(21)7-6-15-18(12)22-10-16(20(24)25)19(15)23-9-8-13-4-2-3-5-14(13)11-23;/h2-7,10H,8-9,11H2,1H3,(H,24,25);1H. The molecule has 1 aliphatic heterocycles. The minimum absolute atomic E-state index is 0. The SMILES string of the molecule is Cc1c(Cl)ccc2c(N3CCc4ccccc4C3)c(C(=O)O)cnc12.Cl. The molecule has 0 spiro atoms. The first-order valence-electron chi connectivity index (χ1n) is 8.19. The molecule has 2 aromatic carbocycles. The monoisotopic (exact) mass is 388 g/mol. The minimum Gasteiger partial charge on any atom is -0.478 e. The van der Waals surface area contributed by atoms with Crippen molar-refractivity contribution < 1.29 is 9.90 Å². The van der Waals surface area contributed by atoms with Crippen LogP contribution in [-0.2, 0) is 13.0 Å². The van der Waals surface area contributed by atoms with Crippen LogP contribution in [0.2, 0.25) is 5.02 Å². The van der Waals surface area contributed by atoms with E-state index < -0.39 is 5.97 Å². The van der Waals surface area contributed by atoms with Crippen LogP contribution in [0.4, 0.5) is 5.69 Å². The number of fused-ring (bicyclic) bond motifs is 2. The molecule has 1 N–H and O–H groups in total. The van der Waals surface area contributed by atoms with Gasteiger partial charge >= 0.3 is 5.97 Å². The zero-order valence-corrected chi connectivity index (χ0v) is 15.8. The summed E-state index contributed by atoms with van der Waals surface area (Å²) in [7, 11) is 0. The Balaban J connectivity index is 0.00000196. The second-order valence-electron chi connectivity index (χ2n) is 6.33. The number of carboxylic acid groups (broad SMARTS) is 1. The van der Waals surface area contributed by atoms with E-state index in [1.807, 2.05) is 31.2 Å². The van der Waals surface area contributed by atoms with Crippen molar-refractivity contribution in [3.63, 3.8) is 0 Å². The number of benzene rings is 2. The highest BCUT2D eigenvalue weighted by Crippen LogP contribution is 2.36. The van der Waals surface area contributed by atoms with Gasteiger partial charge < -0.3 is 10.0 Å². The quantitative estimate of drug-likeness (QED) is 0.679. The van der Waals surface area contributed by atoms with E-state index in [4.69, 9.17) is 11.6 Å². The van der Waals surface area contributed by atoms with E-state index in [-0.39, 0.29) is 18.0 Å². The Morgan fingerprint density at radius 3 is 2.65 bits per heavy atom. The molecule has 0 atom stereocenters. The molecule has 1 aliphatic rings. The third-order valence-corrected chi connectivity index (χ3v) is 5.28. The Morgan fingerprint density at radius 2 is 1.92 bits per heavy atom. The summed E-state index contributed by atoms with van der Waals surface area (Å²) in [5.41, 5.74) is 5.15. The minimum atomic E-state index is -0.962. The maximum atomic E-state index is 11.8. The number of aryl methyl sites for hydroxylation is 1. The number of carboxylic acids is 1. The molecule has 0 amide bonds. The molecule has 0 unspecified atom stereocenters. The summed E-state index contributed by atoms with van der Waals surface area (Å²) in [6, 6.07) is 12.0. The molecule has 3 aromatic rings. The normalized spacial score (nSPS) is 13.2. The Kier molecular flexibility index (Phi) is 5.08. The number of hydrogen-bond acceptors (Lipinski definition) is 3. The van der Waals surface area contributed by atoms with Crippen molar-refractivity contribution >= 4 is 46.6 Å². The summed E-state index contributed by atoms with van der Waals surface area (Å²) in [5, 5.41) is 11.2. The highest BCUT2D eigenvalue weighted by molar-refractivity contribution is 6.32. The van der Waals surface area contributed by atoms with E-state index in [0.717, 1.165) is 35.1 Å². The van der Waals surface area contributed by atoms with Crippen LogP contribution in [0.3, 0.4) is 0 Å². The average molecular weight is 389 g/mol. The average Bonchev–Trinajstić information content (AvgIpc) is 2.63. The number of anilines is 1.